The van der Waals surface area contributed by atoms with Crippen molar-refractivity contribution in [2.45, 2.75) is 57.5 Å². The zero-order valence-electron chi connectivity index (χ0n) is 23.9. The summed E-state index contributed by atoms with van der Waals surface area (Å²) in [6.45, 7) is 8.56. The normalized spacial score (nSPS) is 23.1. The van der Waals surface area contributed by atoms with Crippen LogP contribution in [0.3, 0.4) is 0 Å². The molecular weight excluding hydrogens is 536 g/mol. The SMILES string of the molecule is CCN1C(=O)N(c2ccc(N3CCCC(C#N)C3)cc2Cl)C(=O)C12CCN(Cc1ccc(N3CCCC3)cc1)CC2. The first-order valence-corrected chi connectivity index (χ1v) is 15.5. The Labute approximate surface area is 248 Å². The molecule has 1 spiro atoms. The van der Waals surface area contributed by atoms with Gasteiger partial charge in [0.05, 0.1) is 22.7 Å². The van der Waals surface area contributed by atoms with Gasteiger partial charge in [-0.3, -0.25) is 9.69 Å². The molecule has 0 bridgehead atoms. The van der Waals surface area contributed by atoms with Crippen molar-refractivity contribution in [3.05, 3.63) is 53.1 Å². The maximum absolute atomic E-state index is 14.0. The predicted octanol–water partition coefficient (Wildman–Crippen LogP) is 5.50. The van der Waals surface area contributed by atoms with Crippen molar-refractivity contribution < 1.29 is 9.59 Å². The fraction of sp³-hybridized carbons (Fsp3) is 0.531. The molecular formula is C32H39ClN6O2. The summed E-state index contributed by atoms with van der Waals surface area (Å²) in [5.41, 5.74) is 3.09. The second-order valence-corrected chi connectivity index (χ2v) is 12.3. The molecule has 1 atom stereocenters. The molecule has 41 heavy (non-hydrogen) atoms. The first-order chi connectivity index (χ1) is 19.9. The van der Waals surface area contributed by atoms with Gasteiger partial charge in [0.15, 0.2) is 0 Å². The Morgan fingerprint density at radius 1 is 0.927 bits per heavy atom. The van der Waals surface area contributed by atoms with Crippen molar-refractivity contribution in [1.82, 2.24) is 9.80 Å². The van der Waals surface area contributed by atoms with Gasteiger partial charge in [-0.1, -0.05) is 23.7 Å². The van der Waals surface area contributed by atoms with Gasteiger partial charge in [0.25, 0.3) is 5.91 Å². The molecule has 4 heterocycles. The van der Waals surface area contributed by atoms with E-state index in [9.17, 15) is 14.9 Å². The maximum atomic E-state index is 14.0. The number of nitrogens with zero attached hydrogens (tertiary/aromatic N) is 6. The van der Waals surface area contributed by atoms with Crippen molar-refractivity contribution in [3.8, 4) is 6.07 Å². The highest BCUT2D eigenvalue weighted by atomic mass is 35.5. The lowest BCUT2D eigenvalue weighted by atomic mass is 9.85. The Morgan fingerprint density at radius 2 is 1.61 bits per heavy atom. The minimum Gasteiger partial charge on any atom is -0.372 e. The van der Waals surface area contributed by atoms with Gasteiger partial charge in [-0.15, -0.1) is 0 Å². The molecule has 6 rings (SSSR count). The van der Waals surface area contributed by atoms with E-state index in [1.807, 2.05) is 19.1 Å². The molecule has 216 valence electrons. The van der Waals surface area contributed by atoms with E-state index in [1.54, 1.807) is 11.0 Å². The molecule has 3 amide bonds. The number of benzene rings is 2. The Morgan fingerprint density at radius 3 is 2.27 bits per heavy atom. The number of rotatable bonds is 6. The molecule has 4 aliphatic rings. The second-order valence-electron chi connectivity index (χ2n) is 11.9. The van der Waals surface area contributed by atoms with E-state index < -0.39 is 5.54 Å². The molecule has 8 nitrogen and oxygen atoms in total. The molecule has 4 aliphatic heterocycles. The third kappa shape index (κ3) is 5.15. The second kappa shape index (κ2) is 11.5. The number of hydrogen-bond acceptors (Lipinski definition) is 6. The average Bonchev–Trinajstić information content (AvgIpc) is 3.61. The fourth-order valence-corrected chi connectivity index (χ4v) is 7.43. The van der Waals surface area contributed by atoms with Crippen LogP contribution >= 0.6 is 11.6 Å². The van der Waals surface area contributed by atoms with E-state index in [-0.39, 0.29) is 17.9 Å². The van der Waals surface area contributed by atoms with E-state index >= 15 is 0 Å². The third-order valence-corrected chi connectivity index (χ3v) is 9.80. The number of carbonyl (C=O) groups is 2. The number of halogens is 1. The lowest BCUT2D eigenvalue weighted by Crippen LogP contribution is -2.56. The summed E-state index contributed by atoms with van der Waals surface area (Å²) in [5.74, 6) is -0.168. The first kappa shape index (κ1) is 27.9. The average molecular weight is 575 g/mol. The van der Waals surface area contributed by atoms with Crippen LogP contribution in [0.4, 0.5) is 21.9 Å². The maximum Gasteiger partial charge on any atom is 0.332 e. The number of imide groups is 1. The lowest BCUT2D eigenvalue weighted by molar-refractivity contribution is -0.127. The van der Waals surface area contributed by atoms with E-state index in [0.717, 1.165) is 57.8 Å². The summed E-state index contributed by atoms with van der Waals surface area (Å²) in [6, 6.07) is 16.5. The van der Waals surface area contributed by atoms with Gasteiger partial charge in [-0.2, -0.15) is 5.26 Å². The summed E-state index contributed by atoms with van der Waals surface area (Å²) < 4.78 is 0. The quantitative estimate of drug-likeness (QED) is 0.424. The molecule has 0 N–H and O–H groups in total. The van der Waals surface area contributed by atoms with Crippen LogP contribution < -0.4 is 14.7 Å². The standard InChI is InChI=1S/C32H39ClN6O2/c1-2-38-31(41)39(29-12-11-27(20-28(29)33)37-17-5-6-25(21-34)23-37)30(40)32(38)13-18-35(19-14-32)22-24-7-9-26(10-8-24)36-15-3-4-16-36/h7-12,20,25H,2-6,13-19,22-23H2,1H3. The van der Waals surface area contributed by atoms with Crippen LogP contribution in [0.15, 0.2) is 42.5 Å². The van der Waals surface area contributed by atoms with Crippen LogP contribution in [-0.2, 0) is 11.3 Å². The largest absolute Gasteiger partial charge is 0.372 e. The first-order valence-electron chi connectivity index (χ1n) is 15.1. The minimum absolute atomic E-state index is 0.00192. The number of likely N-dealkylation sites (tertiary alicyclic amines) is 1. The summed E-state index contributed by atoms with van der Waals surface area (Å²) >= 11 is 6.75. The summed E-state index contributed by atoms with van der Waals surface area (Å²) in [6.07, 6.45) is 5.61. The van der Waals surface area contributed by atoms with Gasteiger partial charge in [-0.05, 0) is 81.3 Å². The van der Waals surface area contributed by atoms with Crippen molar-refractivity contribution in [2.75, 3.05) is 60.5 Å². The number of amides is 3. The molecule has 2 aromatic carbocycles. The zero-order chi connectivity index (χ0) is 28.6. The number of anilines is 3. The van der Waals surface area contributed by atoms with Crippen molar-refractivity contribution in [2.24, 2.45) is 5.92 Å². The van der Waals surface area contributed by atoms with Crippen LogP contribution in [0, 0.1) is 17.2 Å². The highest BCUT2D eigenvalue weighted by molar-refractivity contribution is 6.36. The van der Waals surface area contributed by atoms with Crippen LogP contribution in [-0.4, -0.2) is 73.1 Å². The molecule has 0 saturated carbocycles. The minimum atomic E-state index is -0.836. The third-order valence-electron chi connectivity index (χ3n) is 9.49. The van der Waals surface area contributed by atoms with Crippen LogP contribution in [0.25, 0.3) is 0 Å². The van der Waals surface area contributed by atoms with Crippen LogP contribution in [0.1, 0.15) is 51.0 Å². The molecule has 0 aliphatic carbocycles. The number of urea groups is 1. The van der Waals surface area contributed by atoms with Crippen LogP contribution in [0.5, 0.6) is 0 Å². The molecule has 2 aromatic rings. The number of nitriles is 1. The van der Waals surface area contributed by atoms with Crippen LogP contribution in [0.2, 0.25) is 5.02 Å². The van der Waals surface area contributed by atoms with E-state index in [2.05, 4.69) is 45.0 Å². The summed E-state index contributed by atoms with van der Waals surface area (Å²) in [5, 5.41) is 9.75. The monoisotopic (exact) mass is 574 g/mol. The van der Waals surface area contributed by atoms with Gasteiger partial charge in [0.1, 0.15) is 5.54 Å². The molecule has 4 fully saturated rings. The lowest BCUT2D eigenvalue weighted by Gasteiger charge is -2.42. The molecule has 1 unspecified atom stereocenters. The van der Waals surface area contributed by atoms with Crippen molar-refractivity contribution >= 4 is 40.6 Å². The Bertz CT molecular complexity index is 1330. The van der Waals surface area contributed by atoms with E-state index in [1.165, 1.54) is 29.0 Å². The van der Waals surface area contributed by atoms with Gasteiger partial charge in [0.2, 0.25) is 0 Å². The van der Waals surface area contributed by atoms with Gasteiger partial charge in [0, 0.05) is 63.7 Å². The topological polar surface area (TPSA) is 74.1 Å². The highest BCUT2D eigenvalue weighted by Gasteiger charge is 2.58. The number of carbonyl (C=O) groups excluding carboxylic acids is 2. The Kier molecular flexibility index (Phi) is 7.84. The molecule has 0 aromatic heterocycles. The Balaban J connectivity index is 1.14. The fourth-order valence-electron chi connectivity index (χ4n) is 7.17. The van der Waals surface area contributed by atoms with Gasteiger partial charge < -0.3 is 14.7 Å². The van der Waals surface area contributed by atoms with Gasteiger partial charge in [-0.25, -0.2) is 9.69 Å². The Hall–Kier alpha value is -3.28. The summed E-state index contributed by atoms with van der Waals surface area (Å²) in [4.78, 5) is 37.8. The number of likely N-dealkylation sites (N-methyl/N-ethyl adjacent to an activating group) is 1. The predicted molar refractivity (Wildman–Crippen MR) is 162 cm³/mol. The number of piperidine rings is 2. The van der Waals surface area contributed by atoms with Gasteiger partial charge >= 0.3 is 6.03 Å². The summed E-state index contributed by atoms with van der Waals surface area (Å²) in [7, 11) is 0. The molecule has 0 radical (unpaired) electrons. The van der Waals surface area contributed by atoms with Crippen molar-refractivity contribution in [3.63, 3.8) is 0 Å². The molecule has 9 heteroatoms. The van der Waals surface area contributed by atoms with Crippen molar-refractivity contribution in [1.29, 1.82) is 5.26 Å². The molecule has 4 saturated heterocycles. The van der Waals surface area contributed by atoms with E-state index in [4.69, 9.17) is 11.6 Å². The number of hydrogen-bond donors (Lipinski definition) is 0. The smallest absolute Gasteiger partial charge is 0.332 e. The highest BCUT2D eigenvalue weighted by Crippen LogP contribution is 2.42. The van der Waals surface area contributed by atoms with E-state index in [0.29, 0.717) is 36.6 Å². The zero-order valence-corrected chi connectivity index (χ0v) is 24.7.